The molecule has 2 heterocycles. The minimum absolute atomic E-state index is 0.150. The Bertz CT molecular complexity index is 733. The Balaban J connectivity index is 2.46. The molecule has 0 bridgehead atoms. The highest BCUT2D eigenvalue weighted by atomic mass is 19.4. The summed E-state index contributed by atoms with van der Waals surface area (Å²) in [6, 6.07) is 4.61. The largest absolute Gasteiger partial charge is 0.418 e. The zero-order chi connectivity index (χ0) is 17.7. The number of carbonyl (C=O) groups excluding carboxylic acids is 1. The minimum atomic E-state index is -4.73. The first kappa shape index (κ1) is 17.7. The van der Waals surface area contributed by atoms with Crippen molar-refractivity contribution in [1.29, 1.82) is 0 Å². The maximum atomic E-state index is 13.2. The van der Waals surface area contributed by atoms with Crippen LogP contribution in [-0.2, 0) is 6.18 Å². The van der Waals surface area contributed by atoms with Crippen molar-refractivity contribution in [2.75, 3.05) is 25.5 Å². The van der Waals surface area contributed by atoms with Gasteiger partial charge in [-0.1, -0.05) is 0 Å². The van der Waals surface area contributed by atoms with Crippen LogP contribution in [-0.4, -0.2) is 35.9 Å². The van der Waals surface area contributed by atoms with E-state index in [-0.39, 0.29) is 11.4 Å². The van der Waals surface area contributed by atoms with Gasteiger partial charge in [0.25, 0.3) is 0 Å². The van der Waals surface area contributed by atoms with Crippen molar-refractivity contribution >= 4 is 17.4 Å². The molecule has 0 fully saturated rings. The Labute approximate surface area is 136 Å². The van der Waals surface area contributed by atoms with Crippen molar-refractivity contribution in [2.24, 2.45) is 0 Å². The molecule has 0 saturated heterocycles. The van der Waals surface area contributed by atoms with Gasteiger partial charge in [0.1, 0.15) is 11.5 Å². The topological polar surface area (TPSA) is 90.7 Å². The Hall–Kier alpha value is -2.68. The zero-order valence-electron chi connectivity index (χ0n) is 12.7. The first-order chi connectivity index (χ1) is 11.3. The van der Waals surface area contributed by atoms with E-state index >= 15 is 0 Å². The van der Waals surface area contributed by atoms with Crippen LogP contribution < -0.4 is 16.4 Å². The predicted octanol–water partition coefficient (Wildman–Crippen LogP) is 2.27. The molecule has 3 N–H and O–H groups in total. The molecule has 2 aromatic rings. The highest BCUT2D eigenvalue weighted by molar-refractivity contribution is 6.11. The lowest BCUT2D eigenvalue weighted by atomic mass is 10.0. The van der Waals surface area contributed by atoms with E-state index < -0.39 is 29.0 Å². The van der Waals surface area contributed by atoms with E-state index in [0.717, 1.165) is 6.07 Å². The number of aromatic nitrogens is 2. The van der Waals surface area contributed by atoms with Crippen molar-refractivity contribution in [3.8, 4) is 0 Å². The monoisotopic (exact) mass is 338 g/mol. The summed E-state index contributed by atoms with van der Waals surface area (Å²) in [6.07, 6.45) is -3.45. The summed E-state index contributed by atoms with van der Waals surface area (Å²) >= 11 is 0. The van der Waals surface area contributed by atoms with Gasteiger partial charge in [-0.2, -0.15) is 13.2 Å². The molecule has 1 radical (unpaired) electrons. The Kier molecular flexibility index (Phi) is 5.35. The number of anilines is 1. The Morgan fingerprint density at radius 1 is 1.25 bits per heavy atom. The van der Waals surface area contributed by atoms with Crippen LogP contribution in [0.15, 0.2) is 30.5 Å². The maximum Gasteiger partial charge on any atom is 0.418 e. The molecular formula is C15H15F3N5O. The molecule has 6 nitrogen and oxygen atoms in total. The number of carbonyl (C=O) groups is 1. The average molecular weight is 338 g/mol. The fraction of sp³-hybridized carbons (Fsp3) is 0.267. The third kappa shape index (κ3) is 3.99. The van der Waals surface area contributed by atoms with E-state index in [2.05, 4.69) is 20.6 Å². The number of alkyl halides is 3. The van der Waals surface area contributed by atoms with Crippen molar-refractivity contribution in [2.45, 2.75) is 6.18 Å². The number of halogens is 3. The summed E-state index contributed by atoms with van der Waals surface area (Å²) in [7, 11) is 1.73. The van der Waals surface area contributed by atoms with Gasteiger partial charge >= 0.3 is 6.18 Å². The van der Waals surface area contributed by atoms with Crippen LogP contribution in [0.1, 0.15) is 21.6 Å². The summed E-state index contributed by atoms with van der Waals surface area (Å²) in [4.78, 5) is 19.9. The molecule has 0 unspecified atom stereocenters. The molecule has 0 atom stereocenters. The molecule has 0 amide bonds. The van der Waals surface area contributed by atoms with Gasteiger partial charge in [0.2, 0.25) is 5.78 Å². The van der Waals surface area contributed by atoms with Gasteiger partial charge in [-0.3, -0.25) is 10.5 Å². The Morgan fingerprint density at radius 3 is 2.62 bits per heavy atom. The number of rotatable bonds is 6. The van der Waals surface area contributed by atoms with Crippen LogP contribution in [0.2, 0.25) is 0 Å². The lowest BCUT2D eigenvalue weighted by Crippen LogP contribution is -2.20. The molecule has 9 heteroatoms. The van der Waals surface area contributed by atoms with Gasteiger partial charge in [0.15, 0.2) is 5.82 Å². The third-order valence-corrected chi connectivity index (χ3v) is 3.15. The van der Waals surface area contributed by atoms with E-state index in [1.165, 1.54) is 24.4 Å². The standard InChI is InChI=1S/C15H15F3N5O/c1-20-7-8-21-11-5-4-10(15(16,17)18)12(23-11)13(24)9-3-2-6-22-14(9)19/h2-6,19-20H,7-8H2,1H3,(H,21,23). The lowest BCUT2D eigenvalue weighted by Gasteiger charge is -2.14. The lowest BCUT2D eigenvalue weighted by molar-refractivity contribution is -0.138. The van der Waals surface area contributed by atoms with Gasteiger partial charge in [-0.05, 0) is 31.3 Å². The van der Waals surface area contributed by atoms with Crippen LogP contribution in [0.25, 0.3) is 0 Å². The third-order valence-electron chi connectivity index (χ3n) is 3.15. The van der Waals surface area contributed by atoms with Gasteiger partial charge in [0, 0.05) is 19.3 Å². The Morgan fingerprint density at radius 2 is 2.00 bits per heavy atom. The summed E-state index contributed by atoms with van der Waals surface area (Å²) in [5, 5.41) is 5.70. The first-order valence-electron chi connectivity index (χ1n) is 7.02. The molecule has 2 aromatic heterocycles. The van der Waals surface area contributed by atoms with E-state index in [1.54, 1.807) is 7.05 Å². The van der Waals surface area contributed by atoms with Crippen LogP contribution in [0, 0.1) is 0 Å². The SMILES string of the molecule is CNCCNc1ccc(C(F)(F)F)c(C(=O)c2cccnc2[NH])n1. The van der Waals surface area contributed by atoms with Crippen molar-refractivity contribution < 1.29 is 18.0 Å². The molecule has 127 valence electrons. The number of likely N-dealkylation sites (N-methyl/N-ethyl adjacent to an activating group) is 1. The predicted molar refractivity (Wildman–Crippen MR) is 82.1 cm³/mol. The quantitative estimate of drug-likeness (QED) is 0.623. The second kappa shape index (κ2) is 7.26. The van der Waals surface area contributed by atoms with Crippen molar-refractivity contribution in [3.05, 3.63) is 47.3 Å². The molecule has 2 rings (SSSR count). The molecule has 0 saturated carbocycles. The van der Waals surface area contributed by atoms with Crippen LogP contribution in [0.3, 0.4) is 0 Å². The highest BCUT2D eigenvalue weighted by Crippen LogP contribution is 2.33. The van der Waals surface area contributed by atoms with Crippen LogP contribution >= 0.6 is 0 Å². The van der Waals surface area contributed by atoms with Gasteiger partial charge < -0.3 is 10.6 Å². The summed E-state index contributed by atoms with van der Waals surface area (Å²) < 4.78 is 39.5. The van der Waals surface area contributed by atoms with Gasteiger partial charge in [-0.15, -0.1) is 0 Å². The molecule has 0 aliphatic heterocycles. The minimum Gasteiger partial charge on any atom is -0.369 e. The summed E-state index contributed by atoms with van der Waals surface area (Å²) in [5.74, 6) is -1.24. The van der Waals surface area contributed by atoms with Crippen molar-refractivity contribution in [1.82, 2.24) is 21.0 Å². The smallest absolute Gasteiger partial charge is 0.369 e. The molecule has 0 aliphatic carbocycles. The van der Waals surface area contributed by atoms with Crippen LogP contribution in [0.4, 0.5) is 24.8 Å². The summed E-state index contributed by atoms with van der Waals surface area (Å²) in [6.45, 7) is 1.00. The number of hydrogen-bond acceptors (Lipinski definition) is 5. The van der Waals surface area contributed by atoms with E-state index in [0.29, 0.717) is 13.1 Å². The normalized spacial score (nSPS) is 11.3. The van der Waals surface area contributed by atoms with E-state index in [4.69, 9.17) is 5.73 Å². The molecule has 0 aromatic carbocycles. The van der Waals surface area contributed by atoms with E-state index in [1.807, 2.05) is 0 Å². The second-order valence-electron chi connectivity index (χ2n) is 4.85. The fourth-order valence-electron chi connectivity index (χ4n) is 1.99. The average Bonchev–Trinajstić information content (AvgIpc) is 2.54. The molecule has 0 aliphatic rings. The van der Waals surface area contributed by atoms with E-state index in [9.17, 15) is 18.0 Å². The maximum absolute atomic E-state index is 13.2. The van der Waals surface area contributed by atoms with Crippen LogP contribution in [0.5, 0.6) is 0 Å². The van der Waals surface area contributed by atoms with Gasteiger partial charge in [0.05, 0.1) is 11.1 Å². The summed E-state index contributed by atoms with van der Waals surface area (Å²) in [5.41, 5.74) is 5.47. The van der Waals surface area contributed by atoms with Crippen molar-refractivity contribution in [3.63, 3.8) is 0 Å². The van der Waals surface area contributed by atoms with Gasteiger partial charge in [-0.25, -0.2) is 9.97 Å². The number of pyridine rings is 2. The highest BCUT2D eigenvalue weighted by Gasteiger charge is 2.37. The molecular weight excluding hydrogens is 323 g/mol. The number of hydrogen-bond donors (Lipinski definition) is 2. The first-order valence-corrected chi connectivity index (χ1v) is 7.02. The number of nitrogens with zero attached hydrogens (tertiary/aromatic N) is 2. The second-order valence-corrected chi connectivity index (χ2v) is 4.85. The molecule has 24 heavy (non-hydrogen) atoms. The zero-order valence-corrected chi connectivity index (χ0v) is 12.7. The molecule has 0 spiro atoms. The number of ketones is 1. The number of nitrogens with one attached hydrogen (secondary N) is 3. The fourth-order valence-corrected chi connectivity index (χ4v) is 1.99.